The van der Waals surface area contributed by atoms with E-state index in [1.54, 1.807) is 7.05 Å². The van der Waals surface area contributed by atoms with E-state index in [1.165, 1.54) is 18.2 Å². The summed E-state index contributed by atoms with van der Waals surface area (Å²) in [5, 5.41) is 2.71. The molecule has 0 radical (unpaired) electrons. The van der Waals surface area contributed by atoms with Crippen molar-refractivity contribution in [3.63, 3.8) is 0 Å². The standard InChI is InChI=1S/C14H10BrClF3N/c1-20-14(7-2-4-10(17)9(16)6-7)12-11(18)5-3-8(15)13(12)19/h2-6,14,20H,1H3. The molecular weight excluding hydrogens is 355 g/mol. The fraction of sp³-hybridized carbons (Fsp3) is 0.143. The zero-order valence-corrected chi connectivity index (χ0v) is 12.7. The number of hydrogen-bond acceptors (Lipinski definition) is 1. The van der Waals surface area contributed by atoms with Crippen LogP contribution in [0.15, 0.2) is 34.8 Å². The highest BCUT2D eigenvalue weighted by atomic mass is 79.9. The molecule has 2 aromatic carbocycles. The molecular formula is C14H10BrClF3N. The Bertz CT molecular complexity index is 649. The van der Waals surface area contributed by atoms with Crippen molar-refractivity contribution in [2.24, 2.45) is 0 Å². The van der Waals surface area contributed by atoms with Gasteiger partial charge in [0, 0.05) is 5.56 Å². The monoisotopic (exact) mass is 363 g/mol. The molecule has 2 aromatic rings. The van der Waals surface area contributed by atoms with Gasteiger partial charge in [-0.25, -0.2) is 13.2 Å². The molecule has 1 atom stereocenters. The van der Waals surface area contributed by atoms with Gasteiger partial charge in [-0.15, -0.1) is 0 Å². The molecule has 6 heteroatoms. The normalized spacial score (nSPS) is 12.5. The molecule has 0 aromatic heterocycles. The zero-order chi connectivity index (χ0) is 14.9. The van der Waals surface area contributed by atoms with Crippen LogP contribution in [0.5, 0.6) is 0 Å². The van der Waals surface area contributed by atoms with Crippen LogP contribution >= 0.6 is 27.5 Å². The molecule has 0 heterocycles. The maximum Gasteiger partial charge on any atom is 0.145 e. The lowest BCUT2D eigenvalue weighted by atomic mass is 9.98. The summed E-state index contributed by atoms with van der Waals surface area (Å²) in [7, 11) is 1.56. The highest BCUT2D eigenvalue weighted by Gasteiger charge is 2.23. The lowest BCUT2D eigenvalue weighted by Gasteiger charge is -2.19. The third-order valence-corrected chi connectivity index (χ3v) is 3.84. The number of benzene rings is 2. The fourth-order valence-corrected chi connectivity index (χ4v) is 2.51. The van der Waals surface area contributed by atoms with Gasteiger partial charge in [0.05, 0.1) is 15.5 Å². The molecule has 106 valence electrons. The van der Waals surface area contributed by atoms with Crippen LogP contribution < -0.4 is 5.32 Å². The van der Waals surface area contributed by atoms with Gasteiger partial charge in [-0.3, -0.25) is 0 Å². The van der Waals surface area contributed by atoms with Crippen LogP contribution in [0.3, 0.4) is 0 Å². The molecule has 1 unspecified atom stereocenters. The summed E-state index contributed by atoms with van der Waals surface area (Å²) >= 11 is 8.73. The molecule has 0 aliphatic rings. The molecule has 0 saturated carbocycles. The number of rotatable bonds is 3. The highest BCUT2D eigenvalue weighted by molar-refractivity contribution is 9.10. The average Bonchev–Trinajstić information content (AvgIpc) is 2.42. The maximum absolute atomic E-state index is 14.1. The molecule has 1 nitrogen and oxygen atoms in total. The van der Waals surface area contributed by atoms with Crippen LogP contribution in [0.25, 0.3) is 0 Å². The number of halogens is 5. The molecule has 0 aliphatic heterocycles. The minimum Gasteiger partial charge on any atom is -0.309 e. The van der Waals surface area contributed by atoms with Crippen LogP contribution in [-0.4, -0.2) is 7.05 Å². The SMILES string of the molecule is CNC(c1ccc(F)c(Cl)c1)c1c(F)ccc(Br)c1F. The van der Waals surface area contributed by atoms with E-state index in [4.69, 9.17) is 11.6 Å². The van der Waals surface area contributed by atoms with E-state index in [0.29, 0.717) is 5.56 Å². The van der Waals surface area contributed by atoms with Crippen molar-refractivity contribution >= 4 is 27.5 Å². The molecule has 20 heavy (non-hydrogen) atoms. The third-order valence-electron chi connectivity index (χ3n) is 2.93. The number of hydrogen-bond donors (Lipinski definition) is 1. The van der Waals surface area contributed by atoms with Crippen molar-refractivity contribution in [3.8, 4) is 0 Å². The van der Waals surface area contributed by atoms with Crippen molar-refractivity contribution in [1.82, 2.24) is 5.32 Å². The summed E-state index contributed by atoms with van der Waals surface area (Å²) in [6.45, 7) is 0. The average molecular weight is 365 g/mol. The zero-order valence-electron chi connectivity index (χ0n) is 10.4. The Balaban J connectivity index is 2.58. The Morgan fingerprint density at radius 1 is 1.10 bits per heavy atom. The molecule has 0 saturated heterocycles. The molecule has 0 bridgehead atoms. The molecule has 1 N–H and O–H groups in total. The van der Waals surface area contributed by atoms with Gasteiger partial charge in [-0.05, 0) is 52.8 Å². The molecule has 0 fully saturated rings. The Morgan fingerprint density at radius 2 is 1.75 bits per heavy atom. The van der Waals surface area contributed by atoms with Crippen molar-refractivity contribution in [2.75, 3.05) is 7.05 Å². The topological polar surface area (TPSA) is 12.0 Å². The summed E-state index contributed by atoms with van der Waals surface area (Å²) in [5.74, 6) is -1.98. The quantitative estimate of drug-likeness (QED) is 0.769. The molecule has 0 spiro atoms. The summed E-state index contributed by atoms with van der Waals surface area (Å²) < 4.78 is 41.4. The first-order chi connectivity index (χ1) is 9.45. The Labute approximate surface area is 127 Å². The third kappa shape index (κ3) is 2.85. The summed E-state index contributed by atoms with van der Waals surface area (Å²) in [6, 6.07) is 5.62. The molecule has 0 aliphatic carbocycles. The predicted octanol–water partition coefficient (Wildman–Crippen LogP) is 4.83. The molecule has 0 amide bonds. The minimum atomic E-state index is -0.773. The van der Waals surface area contributed by atoms with Crippen LogP contribution in [-0.2, 0) is 0 Å². The summed E-state index contributed by atoms with van der Waals surface area (Å²) in [5.41, 5.74) is 0.319. The van der Waals surface area contributed by atoms with Gasteiger partial charge in [-0.1, -0.05) is 17.7 Å². The van der Waals surface area contributed by atoms with E-state index in [0.717, 1.165) is 12.1 Å². The largest absolute Gasteiger partial charge is 0.309 e. The van der Waals surface area contributed by atoms with Gasteiger partial charge < -0.3 is 5.32 Å². The van der Waals surface area contributed by atoms with E-state index in [1.807, 2.05) is 0 Å². The first kappa shape index (κ1) is 15.4. The first-order valence-electron chi connectivity index (χ1n) is 5.71. The summed E-state index contributed by atoms with van der Waals surface area (Å²) in [6.07, 6.45) is 0. The maximum atomic E-state index is 14.1. The van der Waals surface area contributed by atoms with Gasteiger partial charge in [-0.2, -0.15) is 0 Å². The van der Waals surface area contributed by atoms with Gasteiger partial charge in [0.1, 0.15) is 17.5 Å². The van der Waals surface area contributed by atoms with E-state index in [-0.39, 0.29) is 15.1 Å². The second-order valence-corrected chi connectivity index (χ2v) is 5.41. The summed E-state index contributed by atoms with van der Waals surface area (Å²) in [4.78, 5) is 0. The lowest BCUT2D eigenvalue weighted by molar-refractivity contribution is 0.518. The van der Waals surface area contributed by atoms with Crippen LogP contribution in [0.1, 0.15) is 17.2 Å². The second kappa shape index (κ2) is 6.16. The van der Waals surface area contributed by atoms with Crippen LogP contribution in [0, 0.1) is 17.5 Å². The van der Waals surface area contributed by atoms with E-state index >= 15 is 0 Å². The van der Waals surface area contributed by atoms with Crippen LogP contribution in [0.4, 0.5) is 13.2 Å². The Morgan fingerprint density at radius 3 is 2.35 bits per heavy atom. The Kier molecular flexibility index (Phi) is 4.73. The van der Waals surface area contributed by atoms with Crippen molar-refractivity contribution in [3.05, 3.63) is 68.4 Å². The predicted molar refractivity (Wildman–Crippen MR) is 76.4 cm³/mol. The van der Waals surface area contributed by atoms with Crippen molar-refractivity contribution in [2.45, 2.75) is 6.04 Å². The smallest absolute Gasteiger partial charge is 0.145 e. The highest BCUT2D eigenvalue weighted by Crippen LogP contribution is 2.32. The van der Waals surface area contributed by atoms with E-state index < -0.39 is 23.5 Å². The second-order valence-electron chi connectivity index (χ2n) is 4.15. The number of nitrogens with one attached hydrogen (secondary N) is 1. The van der Waals surface area contributed by atoms with E-state index in [9.17, 15) is 13.2 Å². The van der Waals surface area contributed by atoms with Gasteiger partial charge in [0.15, 0.2) is 0 Å². The Hall–Kier alpha value is -1.04. The van der Waals surface area contributed by atoms with Crippen LogP contribution in [0.2, 0.25) is 5.02 Å². The van der Waals surface area contributed by atoms with Gasteiger partial charge in [0.2, 0.25) is 0 Å². The lowest BCUT2D eigenvalue weighted by Crippen LogP contribution is -2.20. The van der Waals surface area contributed by atoms with Gasteiger partial charge >= 0.3 is 0 Å². The van der Waals surface area contributed by atoms with Gasteiger partial charge in [0.25, 0.3) is 0 Å². The molecule has 2 rings (SSSR count). The fourth-order valence-electron chi connectivity index (χ4n) is 1.98. The first-order valence-corrected chi connectivity index (χ1v) is 6.88. The van der Waals surface area contributed by atoms with Crippen molar-refractivity contribution < 1.29 is 13.2 Å². The van der Waals surface area contributed by atoms with E-state index in [2.05, 4.69) is 21.2 Å². The van der Waals surface area contributed by atoms with Crippen molar-refractivity contribution in [1.29, 1.82) is 0 Å². The minimum absolute atomic E-state index is 0.0986.